The highest BCUT2D eigenvalue weighted by molar-refractivity contribution is 5.80. The van der Waals surface area contributed by atoms with Gasteiger partial charge in [0.05, 0.1) is 12.2 Å². The number of nitrogens with one attached hydrogen (secondary N) is 1. The first kappa shape index (κ1) is 19.9. The lowest BCUT2D eigenvalue weighted by Crippen LogP contribution is -2.52. The first-order valence-corrected chi connectivity index (χ1v) is 9.73. The van der Waals surface area contributed by atoms with Crippen LogP contribution in [0.1, 0.15) is 12.7 Å². The molecule has 150 valence electrons. The lowest BCUT2D eigenvalue weighted by Gasteiger charge is -2.37. The lowest BCUT2D eigenvalue weighted by molar-refractivity contribution is 0.371. The van der Waals surface area contributed by atoms with E-state index < -0.39 is 0 Å². The van der Waals surface area contributed by atoms with Gasteiger partial charge in [-0.15, -0.1) is 16.8 Å². The molecular formula is C20H28FN7. The number of rotatable bonds is 7. The fourth-order valence-electron chi connectivity index (χ4n) is 3.30. The molecule has 0 aliphatic carbocycles. The van der Waals surface area contributed by atoms with Gasteiger partial charge in [-0.3, -0.25) is 4.99 Å². The second-order valence-corrected chi connectivity index (χ2v) is 6.59. The molecule has 1 N–H and O–H groups in total. The molecule has 7 nitrogen and oxygen atoms in total. The Kier molecular flexibility index (Phi) is 7.00. The molecule has 28 heavy (non-hydrogen) atoms. The molecule has 0 saturated carbocycles. The normalized spacial score (nSPS) is 15.0. The van der Waals surface area contributed by atoms with Crippen LogP contribution in [-0.2, 0) is 13.0 Å². The van der Waals surface area contributed by atoms with E-state index in [1.807, 2.05) is 22.8 Å². The third-order valence-electron chi connectivity index (χ3n) is 4.79. The number of aliphatic imine (C=N–C) groups is 1. The van der Waals surface area contributed by atoms with Crippen molar-refractivity contribution in [2.24, 2.45) is 4.99 Å². The molecule has 1 saturated heterocycles. The van der Waals surface area contributed by atoms with Crippen LogP contribution in [0.5, 0.6) is 0 Å². The highest BCUT2D eigenvalue weighted by atomic mass is 19.1. The molecule has 2 heterocycles. The van der Waals surface area contributed by atoms with Gasteiger partial charge in [0.15, 0.2) is 5.96 Å². The van der Waals surface area contributed by atoms with Gasteiger partial charge >= 0.3 is 0 Å². The minimum Gasteiger partial charge on any atom is -0.366 e. The van der Waals surface area contributed by atoms with E-state index in [0.29, 0.717) is 18.8 Å². The lowest BCUT2D eigenvalue weighted by atomic mass is 10.2. The Hall–Kier alpha value is -2.90. The van der Waals surface area contributed by atoms with Crippen molar-refractivity contribution in [1.82, 2.24) is 25.0 Å². The number of hydrogen-bond acceptors (Lipinski definition) is 4. The topological polar surface area (TPSA) is 61.6 Å². The van der Waals surface area contributed by atoms with Crippen LogP contribution in [0.4, 0.5) is 10.1 Å². The van der Waals surface area contributed by atoms with Crippen molar-refractivity contribution in [3.8, 4) is 0 Å². The Labute approximate surface area is 165 Å². The number of benzene rings is 1. The van der Waals surface area contributed by atoms with Gasteiger partial charge in [0.1, 0.15) is 18.0 Å². The highest BCUT2D eigenvalue weighted by Gasteiger charge is 2.21. The first-order valence-electron chi connectivity index (χ1n) is 9.73. The van der Waals surface area contributed by atoms with Gasteiger partial charge in [-0.2, -0.15) is 0 Å². The van der Waals surface area contributed by atoms with Crippen LogP contribution in [0.15, 0.2) is 48.2 Å². The number of aromatic nitrogens is 3. The molecule has 1 aliphatic heterocycles. The second-order valence-electron chi connectivity index (χ2n) is 6.59. The number of aryl methyl sites for hydroxylation is 1. The van der Waals surface area contributed by atoms with Crippen molar-refractivity contribution in [2.45, 2.75) is 19.9 Å². The van der Waals surface area contributed by atoms with Gasteiger partial charge in [-0.05, 0) is 12.1 Å². The number of piperazine rings is 1. The molecule has 0 atom stereocenters. The number of hydrogen-bond donors (Lipinski definition) is 1. The van der Waals surface area contributed by atoms with E-state index in [-0.39, 0.29) is 5.82 Å². The van der Waals surface area contributed by atoms with Crippen molar-refractivity contribution in [3.05, 3.63) is 54.9 Å². The molecule has 1 aromatic heterocycles. The third kappa shape index (κ3) is 4.88. The van der Waals surface area contributed by atoms with Crippen LogP contribution in [0.3, 0.4) is 0 Å². The predicted molar refractivity (Wildman–Crippen MR) is 110 cm³/mol. The summed E-state index contributed by atoms with van der Waals surface area (Å²) in [6, 6.07) is 6.94. The van der Waals surface area contributed by atoms with Crippen LogP contribution in [0.25, 0.3) is 0 Å². The maximum absolute atomic E-state index is 14.0. The summed E-state index contributed by atoms with van der Waals surface area (Å²) in [5, 5.41) is 11.4. The molecule has 8 heteroatoms. The first-order chi connectivity index (χ1) is 13.7. The SMILES string of the molecule is C=CCNC(=NCCn1cnnc1CC)N1CCN(c2ccccc2F)CC1. The van der Waals surface area contributed by atoms with Crippen LogP contribution < -0.4 is 10.2 Å². The summed E-state index contributed by atoms with van der Waals surface area (Å²) < 4.78 is 16.1. The number of anilines is 1. The monoisotopic (exact) mass is 385 g/mol. The van der Waals surface area contributed by atoms with Gasteiger partial charge in [-0.1, -0.05) is 25.1 Å². The Bertz CT molecular complexity index is 793. The van der Waals surface area contributed by atoms with Gasteiger partial charge < -0.3 is 19.7 Å². The summed E-state index contributed by atoms with van der Waals surface area (Å²) in [6.45, 7) is 10.9. The molecular weight excluding hydrogens is 357 g/mol. The summed E-state index contributed by atoms with van der Waals surface area (Å²) in [5.41, 5.74) is 0.666. The average Bonchev–Trinajstić information content (AvgIpc) is 3.19. The Morgan fingerprint density at radius 2 is 2.07 bits per heavy atom. The standard InChI is InChI=1S/C20H28FN7/c1-3-9-22-20(23-10-11-28-16-24-25-19(28)4-2)27-14-12-26(13-15-27)18-8-6-5-7-17(18)21/h3,5-8,16H,1,4,9-15H2,2H3,(H,22,23). The Balaban J connectivity index is 1.60. The molecule has 0 radical (unpaired) electrons. The van der Waals surface area contributed by atoms with Crippen molar-refractivity contribution in [2.75, 3.05) is 44.2 Å². The third-order valence-corrected chi connectivity index (χ3v) is 4.79. The molecule has 2 aromatic rings. The molecule has 0 spiro atoms. The highest BCUT2D eigenvalue weighted by Crippen LogP contribution is 2.20. The molecule has 1 aromatic carbocycles. The van der Waals surface area contributed by atoms with Crippen LogP contribution in [0, 0.1) is 5.82 Å². The van der Waals surface area contributed by atoms with Gasteiger partial charge in [0.25, 0.3) is 0 Å². The van der Waals surface area contributed by atoms with Crippen molar-refractivity contribution < 1.29 is 4.39 Å². The van der Waals surface area contributed by atoms with E-state index in [1.54, 1.807) is 12.4 Å². The van der Waals surface area contributed by atoms with Gasteiger partial charge in [0.2, 0.25) is 0 Å². The number of halogens is 1. The maximum Gasteiger partial charge on any atom is 0.194 e. The fraction of sp³-hybridized carbons (Fsp3) is 0.450. The molecule has 3 rings (SSSR count). The molecule has 0 unspecified atom stereocenters. The Morgan fingerprint density at radius 3 is 2.79 bits per heavy atom. The van der Waals surface area contributed by atoms with E-state index in [4.69, 9.17) is 4.99 Å². The summed E-state index contributed by atoms with van der Waals surface area (Å²) in [4.78, 5) is 9.07. The molecule has 0 bridgehead atoms. The minimum atomic E-state index is -0.171. The van der Waals surface area contributed by atoms with E-state index in [9.17, 15) is 4.39 Å². The smallest absolute Gasteiger partial charge is 0.194 e. The zero-order chi connectivity index (χ0) is 19.8. The van der Waals surface area contributed by atoms with Crippen molar-refractivity contribution in [3.63, 3.8) is 0 Å². The van der Waals surface area contributed by atoms with E-state index in [2.05, 4.69) is 38.8 Å². The van der Waals surface area contributed by atoms with Gasteiger partial charge in [0, 0.05) is 45.7 Å². The zero-order valence-corrected chi connectivity index (χ0v) is 16.4. The minimum absolute atomic E-state index is 0.171. The summed E-state index contributed by atoms with van der Waals surface area (Å²) >= 11 is 0. The van der Waals surface area contributed by atoms with Gasteiger partial charge in [-0.25, -0.2) is 4.39 Å². The largest absolute Gasteiger partial charge is 0.366 e. The van der Waals surface area contributed by atoms with Crippen LogP contribution >= 0.6 is 0 Å². The molecule has 0 amide bonds. The van der Waals surface area contributed by atoms with Crippen LogP contribution in [-0.4, -0.2) is 64.9 Å². The summed E-state index contributed by atoms with van der Waals surface area (Å²) in [6.07, 6.45) is 4.42. The fourth-order valence-corrected chi connectivity index (χ4v) is 3.30. The number of guanidine groups is 1. The second kappa shape index (κ2) is 9.87. The van der Waals surface area contributed by atoms with Crippen molar-refractivity contribution >= 4 is 11.6 Å². The quantitative estimate of drug-likeness (QED) is 0.448. The Morgan fingerprint density at radius 1 is 1.29 bits per heavy atom. The number of para-hydroxylation sites is 1. The maximum atomic E-state index is 14.0. The average molecular weight is 385 g/mol. The number of nitrogens with zero attached hydrogens (tertiary/aromatic N) is 6. The zero-order valence-electron chi connectivity index (χ0n) is 16.4. The van der Waals surface area contributed by atoms with Crippen LogP contribution in [0.2, 0.25) is 0 Å². The van der Waals surface area contributed by atoms with E-state index in [1.165, 1.54) is 6.07 Å². The summed E-state index contributed by atoms with van der Waals surface area (Å²) in [5.74, 6) is 1.66. The van der Waals surface area contributed by atoms with E-state index >= 15 is 0 Å². The predicted octanol–water partition coefficient (Wildman–Crippen LogP) is 1.93. The van der Waals surface area contributed by atoms with Crippen molar-refractivity contribution in [1.29, 1.82) is 0 Å². The summed E-state index contributed by atoms with van der Waals surface area (Å²) in [7, 11) is 0. The molecule has 1 fully saturated rings. The molecule has 1 aliphatic rings. The van der Waals surface area contributed by atoms with E-state index in [0.717, 1.165) is 50.9 Å².